The van der Waals surface area contributed by atoms with Gasteiger partial charge in [-0.3, -0.25) is 14.9 Å². The van der Waals surface area contributed by atoms with E-state index in [1.807, 2.05) is 30.7 Å². The van der Waals surface area contributed by atoms with Gasteiger partial charge in [0.2, 0.25) is 0 Å². The molecule has 0 saturated carbocycles. The lowest BCUT2D eigenvalue weighted by Crippen LogP contribution is -2.44. The lowest BCUT2D eigenvalue weighted by atomic mass is 9.96. The molecule has 0 N–H and O–H groups in total. The van der Waals surface area contributed by atoms with E-state index >= 15 is 0 Å². The molecule has 5 aromatic rings. The van der Waals surface area contributed by atoms with Crippen molar-refractivity contribution in [2.75, 3.05) is 18.0 Å². The maximum atomic E-state index is 14.0. The summed E-state index contributed by atoms with van der Waals surface area (Å²) in [6.45, 7) is 16.7. The van der Waals surface area contributed by atoms with E-state index in [1.165, 1.54) is 55.6 Å². The molecular weight excluding hydrogens is 674 g/mol. The topological polar surface area (TPSA) is 32.3 Å². The first-order valence-corrected chi connectivity index (χ1v) is 16.4. The molecule has 2 aromatic heterocycles. The summed E-state index contributed by atoms with van der Waals surface area (Å²) in [5.74, 6) is -0.207. The average Bonchev–Trinajstić information content (AvgIpc) is 3.06. The third-order valence-corrected chi connectivity index (χ3v) is 10.0. The number of hydrogen-bond donors (Lipinski definition) is 0. The van der Waals surface area contributed by atoms with E-state index < -0.39 is 0 Å². The van der Waals surface area contributed by atoms with Crippen LogP contribution in [0, 0.1) is 47.4 Å². The van der Waals surface area contributed by atoms with Crippen molar-refractivity contribution >= 4 is 42.9 Å². The van der Waals surface area contributed by atoms with E-state index in [4.69, 9.17) is 4.98 Å². The Morgan fingerprint density at radius 2 is 1.24 bits per heavy atom. The Morgan fingerprint density at radius 1 is 0.673 bits per heavy atom. The second-order valence-electron chi connectivity index (χ2n) is 13.2. The van der Waals surface area contributed by atoms with Gasteiger partial charge in [0.1, 0.15) is 5.82 Å². The van der Waals surface area contributed by atoms with Gasteiger partial charge in [-0.25, -0.2) is 4.39 Å². The number of rotatable bonds is 8. The molecule has 4 nitrogen and oxygen atoms in total. The van der Waals surface area contributed by atoms with Crippen LogP contribution in [0.2, 0.25) is 0 Å². The summed E-state index contributed by atoms with van der Waals surface area (Å²) >= 11 is 0. The largest absolute Gasteiger partial charge is 0.364 e. The van der Waals surface area contributed by atoms with Crippen LogP contribution in [-0.4, -0.2) is 34.0 Å². The van der Waals surface area contributed by atoms with Crippen LogP contribution in [0.3, 0.4) is 0 Å². The second-order valence-corrected chi connectivity index (χ2v) is 13.2. The zero-order valence-electron chi connectivity index (χ0n) is 29.3. The minimum atomic E-state index is -0.207. The molecule has 49 heavy (non-hydrogen) atoms. The van der Waals surface area contributed by atoms with E-state index in [1.54, 1.807) is 12.1 Å². The van der Waals surface area contributed by atoms with Crippen molar-refractivity contribution in [3.05, 3.63) is 136 Å². The first-order chi connectivity index (χ1) is 22.1. The smallest absolute Gasteiger partial charge is 0.123 e. The van der Waals surface area contributed by atoms with Crippen LogP contribution in [-0.2, 0) is 13.1 Å². The molecule has 0 atom stereocenters. The number of aromatic nitrogens is 2. The molecule has 1 aliphatic heterocycles. The van der Waals surface area contributed by atoms with Crippen molar-refractivity contribution < 1.29 is 4.39 Å². The van der Waals surface area contributed by atoms with Crippen molar-refractivity contribution in [2.24, 2.45) is 0 Å². The molecule has 3 aromatic carbocycles. The SMILES string of the molecule is Cc1cc(-c2cncc(CN3CCC(N(Cc4ccnc(-c5cc(C)c(C)c(C)c5)c4)c4ccc(F)cc4)CC3)c2)cc(C)c1C.Cl.Cl.Cl. The molecule has 0 bridgehead atoms. The third-order valence-electron chi connectivity index (χ3n) is 10.0. The molecule has 0 radical (unpaired) electrons. The van der Waals surface area contributed by atoms with Gasteiger partial charge in [0.15, 0.2) is 0 Å². The maximum Gasteiger partial charge on any atom is 0.123 e. The van der Waals surface area contributed by atoms with Gasteiger partial charge in [-0.15, -0.1) is 37.2 Å². The number of pyridine rings is 2. The molecule has 1 saturated heterocycles. The van der Waals surface area contributed by atoms with Gasteiger partial charge in [0.25, 0.3) is 0 Å². The molecule has 6 rings (SSSR count). The fraction of sp³-hybridized carbons (Fsp3) is 0.317. The zero-order chi connectivity index (χ0) is 32.4. The van der Waals surface area contributed by atoms with Gasteiger partial charge >= 0.3 is 0 Å². The summed E-state index contributed by atoms with van der Waals surface area (Å²) in [5.41, 5.74) is 15.9. The van der Waals surface area contributed by atoms with Crippen LogP contribution >= 0.6 is 37.2 Å². The van der Waals surface area contributed by atoms with E-state index in [9.17, 15) is 4.39 Å². The first-order valence-electron chi connectivity index (χ1n) is 16.4. The molecule has 1 fully saturated rings. The first kappa shape index (κ1) is 40.0. The summed E-state index contributed by atoms with van der Waals surface area (Å²) in [7, 11) is 0. The molecule has 0 unspecified atom stereocenters. The number of anilines is 1. The van der Waals surface area contributed by atoms with Crippen molar-refractivity contribution in [1.82, 2.24) is 14.9 Å². The van der Waals surface area contributed by atoms with Crippen molar-refractivity contribution in [1.29, 1.82) is 0 Å². The Kier molecular flexibility index (Phi) is 14.2. The highest BCUT2D eigenvalue weighted by Crippen LogP contribution is 2.30. The van der Waals surface area contributed by atoms with Gasteiger partial charge < -0.3 is 4.90 Å². The number of likely N-dealkylation sites (tertiary alicyclic amines) is 1. The van der Waals surface area contributed by atoms with Crippen LogP contribution in [0.25, 0.3) is 22.4 Å². The number of piperidine rings is 1. The lowest BCUT2D eigenvalue weighted by Gasteiger charge is -2.40. The van der Waals surface area contributed by atoms with Gasteiger partial charge in [0, 0.05) is 67.6 Å². The zero-order valence-corrected chi connectivity index (χ0v) is 31.7. The summed E-state index contributed by atoms with van der Waals surface area (Å²) < 4.78 is 14.0. The Labute approximate surface area is 310 Å². The summed E-state index contributed by atoms with van der Waals surface area (Å²) in [6, 6.07) is 23.0. The number of nitrogens with zero attached hydrogens (tertiary/aromatic N) is 4. The van der Waals surface area contributed by atoms with Crippen molar-refractivity contribution in [3.8, 4) is 22.4 Å². The van der Waals surface area contributed by atoms with E-state index in [0.29, 0.717) is 6.04 Å². The summed E-state index contributed by atoms with van der Waals surface area (Å²) in [5, 5.41) is 0. The van der Waals surface area contributed by atoms with E-state index in [0.717, 1.165) is 56.0 Å². The highest BCUT2D eigenvalue weighted by Gasteiger charge is 2.26. The Morgan fingerprint density at radius 3 is 1.84 bits per heavy atom. The van der Waals surface area contributed by atoms with Crippen LogP contribution in [0.15, 0.2) is 85.3 Å². The Bertz CT molecular complexity index is 1810. The van der Waals surface area contributed by atoms with Gasteiger partial charge in [-0.1, -0.05) is 12.1 Å². The third kappa shape index (κ3) is 9.40. The Balaban J connectivity index is 0.00000217. The minimum absolute atomic E-state index is 0. The Hall–Kier alpha value is -3.48. The number of hydrogen-bond acceptors (Lipinski definition) is 4. The van der Waals surface area contributed by atoms with Gasteiger partial charge in [-0.05, 0) is 159 Å². The average molecular weight is 722 g/mol. The highest BCUT2D eigenvalue weighted by atomic mass is 35.5. The van der Waals surface area contributed by atoms with E-state index in [2.05, 4.69) is 98.8 Å². The summed E-state index contributed by atoms with van der Waals surface area (Å²) in [6.07, 6.45) is 7.98. The standard InChI is InChI=1S/C41H45FN4.3ClH/c1-27-17-35(18-28(2)31(27)5)37-21-34(23-43-24-37)25-45-15-12-40(13-16-45)46(39-9-7-38(42)8-10-39)26-33-11-14-44-41(22-33)36-19-29(3)32(6)30(4)20-36;;;/h7-11,14,17-24,40H,12-13,15-16,25-26H2,1-6H3;3*1H. The normalized spacial score (nSPS) is 13.2. The number of benzene rings is 3. The number of aryl methyl sites for hydroxylation is 4. The van der Waals surface area contributed by atoms with Gasteiger partial charge in [0.05, 0.1) is 5.69 Å². The van der Waals surface area contributed by atoms with E-state index in [-0.39, 0.29) is 43.0 Å². The molecule has 260 valence electrons. The van der Waals surface area contributed by atoms with Crippen LogP contribution in [0.5, 0.6) is 0 Å². The highest BCUT2D eigenvalue weighted by molar-refractivity contribution is 5.86. The molecule has 3 heterocycles. The molecule has 0 aliphatic carbocycles. The van der Waals surface area contributed by atoms with Crippen molar-refractivity contribution in [3.63, 3.8) is 0 Å². The quantitative estimate of drug-likeness (QED) is 0.160. The van der Waals surface area contributed by atoms with Crippen LogP contribution in [0.4, 0.5) is 10.1 Å². The summed E-state index contributed by atoms with van der Waals surface area (Å²) in [4.78, 5) is 14.4. The monoisotopic (exact) mass is 720 g/mol. The molecule has 8 heteroatoms. The molecule has 1 aliphatic rings. The molecule has 0 spiro atoms. The second kappa shape index (κ2) is 17.4. The molecule has 0 amide bonds. The molecular formula is C41H48Cl3FN4. The van der Waals surface area contributed by atoms with Crippen LogP contribution in [0.1, 0.15) is 57.3 Å². The lowest BCUT2D eigenvalue weighted by molar-refractivity contribution is 0.200. The minimum Gasteiger partial charge on any atom is -0.364 e. The predicted octanol–water partition coefficient (Wildman–Crippen LogP) is 10.7. The predicted molar refractivity (Wildman–Crippen MR) is 210 cm³/mol. The van der Waals surface area contributed by atoms with Crippen molar-refractivity contribution in [2.45, 2.75) is 73.5 Å². The number of halogens is 4. The van der Waals surface area contributed by atoms with Gasteiger partial charge in [-0.2, -0.15) is 0 Å². The maximum absolute atomic E-state index is 14.0. The fourth-order valence-electron chi connectivity index (χ4n) is 6.76. The fourth-order valence-corrected chi connectivity index (χ4v) is 6.76. The van der Waals surface area contributed by atoms with Crippen LogP contribution < -0.4 is 4.90 Å².